The van der Waals surface area contributed by atoms with Gasteiger partial charge in [-0.1, -0.05) is 25.4 Å². The number of pyridine rings is 1. The van der Waals surface area contributed by atoms with Gasteiger partial charge in [0.15, 0.2) is 0 Å². The summed E-state index contributed by atoms with van der Waals surface area (Å²) < 4.78 is 10.7. The van der Waals surface area contributed by atoms with Gasteiger partial charge in [0.2, 0.25) is 5.88 Å². The maximum atomic E-state index is 12.6. The van der Waals surface area contributed by atoms with Gasteiger partial charge in [0.25, 0.3) is 5.91 Å². The number of hydrogen-bond acceptors (Lipinski definition) is 5. The summed E-state index contributed by atoms with van der Waals surface area (Å²) in [7, 11) is 1.50. The summed E-state index contributed by atoms with van der Waals surface area (Å²) in [6, 6.07) is 0.532. The topological polar surface area (TPSA) is 89.0 Å². The molecule has 0 aromatic carbocycles. The Bertz CT molecular complexity index is 622. The third-order valence-corrected chi connectivity index (χ3v) is 4.02. The first-order valence-electron chi connectivity index (χ1n) is 7.68. The molecule has 1 aromatic rings. The van der Waals surface area contributed by atoms with Crippen molar-refractivity contribution in [3.8, 4) is 5.88 Å². The molecule has 1 aromatic heterocycles. The monoisotopic (exact) mass is 356 g/mol. The van der Waals surface area contributed by atoms with E-state index in [4.69, 9.17) is 21.1 Å². The highest BCUT2D eigenvalue weighted by Gasteiger charge is 2.40. The second-order valence-electron chi connectivity index (χ2n) is 6.12. The molecule has 1 fully saturated rings. The minimum atomic E-state index is -1.06. The van der Waals surface area contributed by atoms with Crippen molar-refractivity contribution in [1.82, 2.24) is 9.88 Å². The van der Waals surface area contributed by atoms with Crippen molar-refractivity contribution in [3.63, 3.8) is 0 Å². The Balaban J connectivity index is 2.17. The number of ether oxygens (including phenoxy) is 2. The first-order chi connectivity index (χ1) is 11.3. The van der Waals surface area contributed by atoms with Crippen molar-refractivity contribution in [2.24, 2.45) is 5.92 Å². The van der Waals surface area contributed by atoms with Crippen LogP contribution in [0, 0.1) is 5.92 Å². The molecule has 0 saturated carbocycles. The van der Waals surface area contributed by atoms with E-state index >= 15 is 0 Å². The molecular weight excluding hydrogens is 336 g/mol. The third-order valence-electron chi connectivity index (χ3n) is 3.75. The minimum absolute atomic E-state index is 0.218. The van der Waals surface area contributed by atoms with Gasteiger partial charge in [0.1, 0.15) is 11.1 Å². The lowest BCUT2D eigenvalue weighted by Gasteiger charge is -2.21. The van der Waals surface area contributed by atoms with Crippen LogP contribution < -0.4 is 4.74 Å². The van der Waals surface area contributed by atoms with Crippen LogP contribution in [0.2, 0.25) is 5.02 Å². The second-order valence-corrected chi connectivity index (χ2v) is 6.53. The van der Waals surface area contributed by atoms with E-state index in [0.717, 1.165) is 0 Å². The molecule has 7 nitrogen and oxygen atoms in total. The number of nitrogens with zero attached hydrogens (tertiary/aromatic N) is 2. The van der Waals surface area contributed by atoms with Crippen LogP contribution in [0.15, 0.2) is 12.3 Å². The molecule has 1 aliphatic rings. The molecule has 1 saturated heterocycles. The van der Waals surface area contributed by atoms with Crippen molar-refractivity contribution < 1.29 is 24.2 Å². The molecule has 0 bridgehead atoms. The molecule has 2 atom stereocenters. The van der Waals surface area contributed by atoms with Gasteiger partial charge in [-0.15, -0.1) is 0 Å². The summed E-state index contributed by atoms with van der Waals surface area (Å²) >= 11 is 6.12. The summed E-state index contributed by atoms with van der Waals surface area (Å²) in [5.74, 6) is -0.922. The molecule has 8 heteroatoms. The number of halogens is 1. The van der Waals surface area contributed by atoms with Crippen molar-refractivity contribution in [2.75, 3.05) is 20.3 Å². The molecule has 0 spiro atoms. The molecule has 24 heavy (non-hydrogen) atoms. The first kappa shape index (κ1) is 18.5. The van der Waals surface area contributed by atoms with Gasteiger partial charge < -0.3 is 19.5 Å². The highest BCUT2D eigenvalue weighted by atomic mass is 35.5. The quantitative estimate of drug-likeness (QED) is 0.839. The van der Waals surface area contributed by atoms with Crippen LogP contribution in [0.3, 0.4) is 0 Å². The molecule has 1 N–H and O–H groups in total. The van der Waals surface area contributed by atoms with Crippen molar-refractivity contribution in [3.05, 3.63) is 22.8 Å². The molecule has 2 unspecified atom stereocenters. The van der Waals surface area contributed by atoms with Crippen LogP contribution in [0.4, 0.5) is 0 Å². The molecule has 1 aliphatic heterocycles. The smallest absolute Gasteiger partial charge is 0.326 e. The number of hydrogen-bond donors (Lipinski definition) is 1. The Morgan fingerprint density at radius 2 is 2.21 bits per heavy atom. The van der Waals surface area contributed by atoms with E-state index in [1.54, 1.807) is 0 Å². The fraction of sp³-hybridized carbons (Fsp3) is 0.562. The lowest BCUT2D eigenvalue weighted by Crippen LogP contribution is -2.40. The number of carbonyl (C=O) groups excluding carboxylic acids is 1. The first-order valence-corrected chi connectivity index (χ1v) is 8.06. The maximum Gasteiger partial charge on any atom is 0.326 e. The van der Waals surface area contributed by atoms with E-state index in [0.29, 0.717) is 12.5 Å². The fourth-order valence-corrected chi connectivity index (χ4v) is 2.71. The number of carboxylic acids is 1. The van der Waals surface area contributed by atoms with Gasteiger partial charge in [-0.25, -0.2) is 9.78 Å². The third kappa shape index (κ3) is 4.15. The van der Waals surface area contributed by atoms with Gasteiger partial charge in [-0.2, -0.15) is 0 Å². The number of rotatable bonds is 6. The lowest BCUT2D eigenvalue weighted by atomic mass is 10.2. The van der Waals surface area contributed by atoms with E-state index in [9.17, 15) is 14.7 Å². The van der Waals surface area contributed by atoms with Gasteiger partial charge in [0.05, 0.1) is 18.3 Å². The largest absolute Gasteiger partial charge is 0.480 e. The molecule has 132 valence electrons. The van der Waals surface area contributed by atoms with E-state index < -0.39 is 17.9 Å². The van der Waals surface area contributed by atoms with E-state index in [2.05, 4.69) is 4.98 Å². The van der Waals surface area contributed by atoms with Crippen molar-refractivity contribution >= 4 is 23.5 Å². The highest BCUT2D eigenvalue weighted by Crippen LogP contribution is 2.26. The van der Waals surface area contributed by atoms with Crippen LogP contribution >= 0.6 is 11.6 Å². The Kier molecular flexibility index (Phi) is 6.01. The Morgan fingerprint density at radius 1 is 1.50 bits per heavy atom. The summed E-state index contributed by atoms with van der Waals surface area (Å²) in [4.78, 5) is 29.3. The number of methoxy groups -OCH3 is 1. The zero-order valence-electron chi connectivity index (χ0n) is 13.9. The summed E-state index contributed by atoms with van der Waals surface area (Å²) in [5.41, 5.74) is 0.222. The predicted molar refractivity (Wildman–Crippen MR) is 87.5 cm³/mol. The fourth-order valence-electron chi connectivity index (χ4n) is 2.49. The Hall–Kier alpha value is -1.86. The molecule has 2 rings (SSSR count). The van der Waals surface area contributed by atoms with E-state index in [1.807, 2.05) is 13.8 Å². The summed E-state index contributed by atoms with van der Waals surface area (Å²) in [5, 5.41) is 9.52. The molecule has 1 amide bonds. The van der Waals surface area contributed by atoms with Gasteiger partial charge in [-0.3, -0.25) is 4.79 Å². The van der Waals surface area contributed by atoms with Gasteiger partial charge >= 0.3 is 5.97 Å². The second kappa shape index (κ2) is 7.81. The van der Waals surface area contributed by atoms with Crippen LogP contribution in [0.25, 0.3) is 0 Å². The SMILES string of the molecule is COC1CC(C(=O)O)N(C(=O)c2cnc(OCC(C)C)c(Cl)c2)C1. The number of aliphatic carboxylic acids is 1. The van der Waals surface area contributed by atoms with Crippen LogP contribution in [0.1, 0.15) is 30.6 Å². The molecule has 2 heterocycles. The van der Waals surface area contributed by atoms with Gasteiger partial charge in [0, 0.05) is 26.3 Å². The number of likely N-dealkylation sites (tertiary alicyclic amines) is 1. The maximum absolute atomic E-state index is 12.6. The summed E-state index contributed by atoms with van der Waals surface area (Å²) in [6.45, 7) is 4.67. The zero-order chi connectivity index (χ0) is 17.9. The molecule has 0 radical (unpaired) electrons. The number of carbonyl (C=O) groups is 2. The zero-order valence-corrected chi connectivity index (χ0v) is 14.6. The normalized spacial score (nSPS) is 20.5. The lowest BCUT2D eigenvalue weighted by molar-refractivity contribution is -0.141. The predicted octanol–water partition coefficient (Wildman–Crippen LogP) is 2.08. The van der Waals surface area contributed by atoms with Crippen LogP contribution in [-0.4, -0.2) is 59.3 Å². The van der Waals surface area contributed by atoms with Gasteiger partial charge in [-0.05, 0) is 12.0 Å². The number of amides is 1. The van der Waals surface area contributed by atoms with Crippen LogP contribution in [0.5, 0.6) is 5.88 Å². The average molecular weight is 357 g/mol. The van der Waals surface area contributed by atoms with E-state index in [-0.39, 0.29) is 35.5 Å². The molecular formula is C16H21ClN2O5. The number of carboxylic acid groups (broad SMARTS) is 1. The number of aromatic nitrogens is 1. The van der Waals surface area contributed by atoms with Crippen molar-refractivity contribution in [2.45, 2.75) is 32.4 Å². The molecule has 0 aliphatic carbocycles. The minimum Gasteiger partial charge on any atom is -0.480 e. The average Bonchev–Trinajstić information content (AvgIpc) is 2.97. The Morgan fingerprint density at radius 3 is 2.75 bits per heavy atom. The van der Waals surface area contributed by atoms with E-state index in [1.165, 1.54) is 24.3 Å². The summed E-state index contributed by atoms with van der Waals surface area (Å²) in [6.07, 6.45) is 1.31. The standard InChI is InChI=1S/C16H21ClN2O5/c1-9(2)8-24-14-12(17)4-10(6-18-14)15(20)19-7-11(23-3)5-13(19)16(21)22/h4,6,9,11,13H,5,7-8H2,1-3H3,(H,21,22). The highest BCUT2D eigenvalue weighted by molar-refractivity contribution is 6.32. The van der Waals surface area contributed by atoms with Crippen molar-refractivity contribution in [1.29, 1.82) is 0 Å². The van der Waals surface area contributed by atoms with Crippen LogP contribution in [-0.2, 0) is 9.53 Å². The Labute approximate surface area is 145 Å².